The third-order valence-corrected chi connectivity index (χ3v) is 6.41. The lowest BCUT2D eigenvalue weighted by molar-refractivity contribution is -0.150. The number of aliphatic hydroxyl groups is 1. The van der Waals surface area contributed by atoms with Crippen molar-refractivity contribution < 1.29 is 24.2 Å². The Hall–Kier alpha value is -3.71. The van der Waals surface area contributed by atoms with E-state index in [2.05, 4.69) is 23.8 Å². The molecule has 2 rings (SSSR count). The molecule has 2 aromatic carbocycles. The Morgan fingerprint density at radius 2 is 1.51 bits per heavy atom. The van der Waals surface area contributed by atoms with Crippen LogP contribution in [-0.4, -0.2) is 48.2 Å². The number of hydrogen-bond donors (Lipinski definition) is 3. The zero-order chi connectivity index (χ0) is 28.5. The molecule has 0 aliphatic carbocycles. The topological polar surface area (TPSA) is 105 Å². The second kappa shape index (κ2) is 17.7. The van der Waals surface area contributed by atoms with E-state index < -0.39 is 18.0 Å². The summed E-state index contributed by atoms with van der Waals surface area (Å²) in [5.41, 5.74) is 2.04. The van der Waals surface area contributed by atoms with Crippen LogP contribution in [-0.2, 0) is 32.0 Å². The smallest absolute Gasteiger partial charge is 0.309 e. The molecule has 2 amide bonds. The Morgan fingerprint density at radius 3 is 2.08 bits per heavy atom. The molecule has 2 aromatic rings. The van der Waals surface area contributed by atoms with E-state index in [1.54, 1.807) is 19.1 Å². The first-order chi connectivity index (χ1) is 18.9. The fourth-order valence-electron chi connectivity index (χ4n) is 4.28. The minimum atomic E-state index is -0.638. The summed E-state index contributed by atoms with van der Waals surface area (Å²) in [7, 11) is 0. The first-order valence-electron chi connectivity index (χ1n) is 13.5. The van der Waals surface area contributed by atoms with Crippen LogP contribution in [0.4, 0.5) is 0 Å². The van der Waals surface area contributed by atoms with E-state index in [9.17, 15) is 19.5 Å². The molecule has 39 heavy (non-hydrogen) atoms. The molecule has 0 saturated heterocycles. The lowest BCUT2D eigenvalue weighted by Gasteiger charge is -2.24. The summed E-state index contributed by atoms with van der Waals surface area (Å²) >= 11 is 0. The molecule has 0 fully saturated rings. The average molecular weight is 535 g/mol. The van der Waals surface area contributed by atoms with Gasteiger partial charge >= 0.3 is 5.97 Å². The van der Waals surface area contributed by atoms with Crippen LogP contribution in [0.2, 0.25) is 0 Å². The number of nitrogens with one attached hydrogen (secondary N) is 2. The largest absolute Gasteiger partial charge is 0.463 e. The van der Waals surface area contributed by atoms with E-state index in [0.29, 0.717) is 32.1 Å². The molecule has 4 atom stereocenters. The van der Waals surface area contributed by atoms with Gasteiger partial charge in [0.25, 0.3) is 0 Å². The highest BCUT2D eigenvalue weighted by molar-refractivity contribution is 5.86. The number of aliphatic hydroxyl groups excluding tert-OH is 1. The number of allylic oxidation sites excluding steroid dienone is 2. The molecule has 0 spiro atoms. The molecule has 3 N–H and O–H groups in total. The number of benzene rings is 2. The van der Waals surface area contributed by atoms with Gasteiger partial charge in [-0.25, -0.2) is 0 Å². The normalized spacial score (nSPS) is 13.8. The molecule has 0 heterocycles. The number of amides is 2. The quantitative estimate of drug-likeness (QED) is 0.197. The lowest BCUT2D eigenvalue weighted by Crippen LogP contribution is -2.45. The van der Waals surface area contributed by atoms with Crippen LogP contribution in [0.5, 0.6) is 0 Å². The Balaban J connectivity index is 2.11. The standard InChI is InChI=1S/C32H42N2O5/c1-4-6-18-28(19-25-14-9-7-10-15-25)32(38)39-23-29(20-26-16-11-8-12-17-26)34-31(37)27(13-5-2)21-30(36)33-24(3)22-35/h4-5,7-12,14-17,24,27-29,35H,1-2,6,13,18-23H2,3H3,(H,33,36)(H,34,37)/t24-,27+,28+,29+/m0/s1. The van der Waals surface area contributed by atoms with E-state index in [1.165, 1.54) is 0 Å². The molecule has 210 valence electrons. The predicted octanol–water partition coefficient (Wildman–Crippen LogP) is 4.16. The maximum Gasteiger partial charge on any atom is 0.309 e. The molecule has 0 bridgehead atoms. The molecule has 0 unspecified atom stereocenters. The van der Waals surface area contributed by atoms with Gasteiger partial charge in [-0.2, -0.15) is 0 Å². The van der Waals surface area contributed by atoms with Crippen LogP contribution >= 0.6 is 0 Å². The highest BCUT2D eigenvalue weighted by Gasteiger charge is 2.26. The van der Waals surface area contributed by atoms with Gasteiger partial charge in [0.05, 0.1) is 24.5 Å². The molecule has 0 aliphatic heterocycles. The summed E-state index contributed by atoms with van der Waals surface area (Å²) in [4.78, 5) is 38.8. The van der Waals surface area contributed by atoms with Gasteiger partial charge in [0.15, 0.2) is 0 Å². The van der Waals surface area contributed by atoms with Crippen LogP contribution in [0.25, 0.3) is 0 Å². The second-order valence-corrected chi connectivity index (χ2v) is 9.85. The van der Waals surface area contributed by atoms with E-state index in [0.717, 1.165) is 11.1 Å². The number of ether oxygens (including phenoxy) is 1. The number of carbonyl (C=O) groups is 3. The van der Waals surface area contributed by atoms with Crippen LogP contribution in [0.1, 0.15) is 43.7 Å². The van der Waals surface area contributed by atoms with Crippen LogP contribution in [0, 0.1) is 11.8 Å². The first kappa shape index (κ1) is 31.5. The van der Waals surface area contributed by atoms with Crippen LogP contribution in [0.3, 0.4) is 0 Å². The van der Waals surface area contributed by atoms with Crippen molar-refractivity contribution in [1.82, 2.24) is 10.6 Å². The summed E-state index contributed by atoms with van der Waals surface area (Å²) in [6, 6.07) is 18.6. The van der Waals surface area contributed by atoms with Gasteiger partial charge in [-0.15, -0.1) is 13.2 Å². The van der Waals surface area contributed by atoms with Gasteiger partial charge in [0.2, 0.25) is 11.8 Å². The van der Waals surface area contributed by atoms with E-state index in [4.69, 9.17) is 4.74 Å². The summed E-state index contributed by atoms with van der Waals surface area (Å²) in [5.74, 6) is -1.92. The molecule has 0 aromatic heterocycles. The Bertz CT molecular complexity index is 1040. The van der Waals surface area contributed by atoms with Crippen molar-refractivity contribution in [3.63, 3.8) is 0 Å². The van der Waals surface area contributed by atoms with Crippen molar-refractivity contribution in [3.8, 4) is 0 Å². The third-order valence-electron chi connectivity index (χ3n) is 6.41. The summed E-state index contributed by atoms with van der Waals surface area (Å²) in [6.07, 6.45) is 6.00. The van der Waals surface area contributed by atoms with Crippen molar-refractivity contribution in [1.29, 1.82) is 0 Å². The van der Waals surface area contributed by atoms with Crippen LogP contribution in [0.15, 0.2) is 86.0 Å². The number of carbonyl (C=O) groups excluding carboxylic acids is 3. The monoisotopic (exact) mass is 534 g/mol. The second-order valence-electron chi connectivity index (χ2n) is 9.85. The Kier molecular flexibility index (Phi) is 14.3. The van der Waals surface area contributed by atoms with Crippen molar-refractivity contribution in [2.45, 2.75) is 57.5 Å². The van der Waals surface area contributed by atoms with Gasteiger partial charge in [-0.3, -0.25) is 14.4 Å². The number of esters is 1. The SMILES string of the molecule is C=CCC[C@H](Cc1ccccc1)C(=O)OC[C@@H](Cc1ccccc1)NC(=O)[C@H](CC=C)CC(=O)N[C@@H](C)CO. The molecule has 7 heteroatoms. The average Bonchev–Trinajstić information content (AvgIpc) is 2.94. The molecular formula is C32H42N2O5. The highest BCUT2D eigenvalue weighted by atomic mass is 16.5. The molecule has 0 saturated carbocycles. The highest BCUT2D eigenvalue weighted by Crippen LogP contribution is 2.18. The Labute approximate surface area is 232 Å². The van der Waals surface area contributed by atoms with Gasteiger partial charge < -0.3 is 20.5 Å². The third kappa shape index (κ3) is 12.1. The van der Waals surface area contributed by atoms with Crippen LogP contribution < -0.4 is 10.6 Å². The zero-order valence-electron chi connectivity index (χ0n) is 22.9. The summed E-state index contributed by atoms with van der Waals surface area (Å²) < 4.78 is 5.78. The number of hydrogen-bond acceptors (Lipinski definition) is 5. The van der Waals surface area contributed by atoms with Crippen molar-refractivity contribution in [2.24, 2.45) is 11.8 Å². The fraction of sp³-hybridized carbons (Fsp3) is 0.406. The van der Waals surface area contributed by atoms with Gasteiger partial charge in [0, 0.05) is 12.5 Å². The first-order valence-corrected chi connectivity index (χ1v) is 13.5. The maximum absolute atomic E-state index is 13.2. The van der Waals surface area contributed by atoms with Gasteiger partial charge in [-0.05, 0) is 50.2 Å². The van der Waals surface area contributed by atoms with E-state index in [1.807, 2.05) is 60.7 Å². The summed E-state index contributed by atoms with van der Waals surface area (Å²) in [6.45, 7) is 9.01. The minimum absolute atomic E-state index is 0.00734. The van der Waals surface area contributed by atoms with Crippen molar-refractivity contribution in [2.75, 3.05) is 13.2 Å². The van der Waals surface area contributed by atoms with E-state index >= 15 is 0 Å². The van der Waals surface area contributed by atoms with Crippen molar-refractivity contribution in [3.05, 3.63) is 97.1 Å². The van der Waals surface area contributed by atoms with Gasteiger partial charge in [-0.1, -0.05) is 72.8 Å². The summed E-state index contributed by atoms with van der Waals surface area (Å²) in [5, 5.41) is 14.9. The van der Waals surface area contributed by atoms with Crippen molar-refractivity contribution >= 4 is 17.8 Å². The molecular weight excluding hydrogens is 492 g/mol. The predicted molar refractivity (Wildman–Crippen MR) is 154 cm³/mol. The Morgan fingerprint density at radius 1 is 0.897 bits per heavy atom. The zero-order valence-corrected chi connectivity index (χ0v) is 22.9. The van der Waals surface area contributed by atoms with Gasteiger partial charge in [0.1, 0.15) is 6.61 Å². The maximum atomic E-state index is 13.2. The fourth-order valence-corrected chi connectivity index (χ4v) is 4.28. The minimum Gasteiger partial charge on any atom is -0.463 e. The molecule has 0 radical (unpaired) electrons. The molecule has 7 nitrogen and oxygen atoms in total. The number of rotatable bonds is 18. The van der Waals surface area contributed by atoms with E-state index in [-0.39, 0.29) is 43.3 Å². The molecule has 0 aliphatic rings. The lowest BCUT2D eigenvalue weighted by atomic mass is 9.95.